The van der Waals surface area contributed by atoms with Crippen LogP contribution in [0.15, 0.2) is 18.2 Å². The number of nitrogens with one attached hydrogen (secondary N) is 2. The Bertz CT molecular complexity index is 374. The SMILES string of the molecule is O=C(NCCF)NCc1cccc(Cl)c1F. The monoisotopic (exact) mass is 248 g/mol. The summed E-state index contributed by atoms with van der Waals surface area (Å²) >= 11 is 5.56. The maximum atomic E-state index is 13.3. The van der Waals surface area contributed by atoms with Gasteiger partial charge in [0.05, 0.1) is 5.02 Å². The van der Waals surface area contributed by atoms with Crippen molar-refractivity contribution in [1.29, 1.82) is 0 Å². The Morgan fingerprint density at radius 2 is 2.12 bits per heavy atom. The molecule has 16 heavy (non-hydrogen) atoms. The number of hydrogen-bond acceptors (Lipinski definition) is 1. The van der Waals surface area contributed by atoms with E-state index in [4.69, 9.17) is 11.6 Å². The van der Waals surface area contributed by atoms with Gasteiger partial charge in [0.15, 0.2) is 0 Å². The molecule has 88 valence electrons. The fourth-order valence-corrected chi connectivity index (χ4v) is 1.28. The number of amides is 2. The summed E-state index contributed by atoms with van der Waals surface area (Å²) in [6.07, 6.45) is 0. The van der Waals surface area contributed by atoms with E-state index in [1.165, 1.54) is 12.1 Å². The fraction of sp³-hybridized carbons (Fsp3) is 0.300. The molecule has 2 N–H and O–H groups in total. The lowest BCUT2D eigenvalue weighted by molar-refractivity contribution is 0.239. The Kier molecular flexibility index (Phi) is 4.98. The fourth-order valence-electron chi connectivity index (χ4n) is 1.08. The van der Waals surface area contributed by atoms with Crippen molar-refractivity contribution < 1.29 is 13.6 Å². The molecule has 0 fully saturated rings. The summed E-state index contributed by atoms with van der Waals surface area (Å²) in [6.45, 7) is -0.701. The van der Waals surface area contributed by atoms with Gasteiger partial charge in [-0.15, -0.1) is 0 Å². The van der Waals surface area contributed by atoms with Crippen LogP contribution in [-0.4, -0.2) is 19.3 Å². The third kappa shape index (κ3) is 3.66. The quantitative estimate of drug-likeness (QED) is 0.843. The second kappa shape index (κ2) is 6.27. The van der Waals surface area contributed by atoms with Gasteiger partial charge >= 0.3 is 6.03 Å². The Balaban J connectivity index is 2.48. The molecule has 1 aromatic rings. The molecule has 0 aliphatic rings. The molecule has 0 radical (unpaired) electrons. The van der Waals surface area contributed by atoms with Crippen molar-refractivity contribution in [3.8, 4) is 0 Å². The zero-order valence-corrected chi connectivity index (χ0v) is 9.15. The van der Waals surface area contributed by atoms with Crippen LogP contribution in [0.3, 0.4) is 0 Å². The predicted molar refractivity (Wildman–Crippen MR) is 57.6 cm³/mol. The van der Waals surface area contributed by atoms with Crippen LogP contribution in [0, 0.1) is 5.82 Å². The van der Waals surface area contributed by atoms with E-state index in [0.29, 0.717) is 0 Å². The lowest BCUT2D eigenvalue weighted by Crippen LogP contribution is -2.36. The largest absolute Gasteiger partial charge is 0.336 e. The highest BCUT2D eigenvalue weighted by Crippen LogP contribution is 2.17. The topological polar surface area (TPSA) is 41.1 Å². The number of halogens is 3. The second-order valence-electron chi connectivity index (χ2n) is 3.01. The molecular formula is C10H11ClF2N2O. The molecule has 0 atom stereocenters. The molecule has 0 saturated carbocycles. The van der Waals surface area contributed by atoms with Crippen molar-refractivity contribution in [2.24, 2.45) is 0 Å². The van der Waals surface area contributed by atoms with Gasteiger partial charge in [0.2, 0.25) is 0 Å². The van der Waals surface area contributed by atoms with Gasteiger partial charge in [0, 0.05) is 18.7 Å². The number of rotatable bonds is 4. The van der Waals surface area contributed by atoms with Crippen molar-refractivity contribution in [2.75, 3.05) is 13.2 Å². The van der Waals surface area contributed by atoms with Gasteiger partial charge in [-0.05, 0) is 6.07 Å². The van der Waals surface area contributed by atoms with Crippen LogP contribution in [0.4, 0.5) is 13.6 Å². The highest BCUT2D eigenvalue weighted by atomic mass is 35.5. The predicted octanol–water partition coefficient (Wildman–Crippen LogP) is 2.25. The van der Waals surface area contributed by atoms with Gasteiger partial charge in [-0.1, -0.05) is 23.7 Å². The molecule has 2 amide bonds. The Morgan fingerprint density at radius 3 is 2.81 bits per heavy atom. The molecule has 6 heteroatoms. The third-order valence-corrected chi connectivity index (χ3v) is 2.14. The van der Waals surface area contributed by atoms with E-state index >= 15 is 0 Å². The lowest BCUT2D eigenvalue weighted by Gasteiger charge is -2.07. The molecule has 0 spiro atoms. The van der Waals surface area contributed by atoms with E-state index in [1.54, 1.807) is 6.07 Å². The van der Waals surface area contributed by atoms with Crippen LogP contribution in [0.25, 0.3) is 0 Å². The summed E-state index contributed by atoms with van der Waals surface area (Å²) in [5.74, 6) is -0.560. The summed E-state index contributed by atoms with van der Waals surface area (Å²) in [5.41, 5.74) is 0.280. The van der Waals surface area contributed by atoms with Crippen LogP contribution in [-0.2, 0) is 6.54 Å². The zero-order valence-electron chi connectivity index (χ0n) is 8.40. The van der Waals surface area contributed by atoms with E-state index in [0.717, 1.165) is 0 Å². The first-order chi connectivity index (χ1) is 7.65. The number of hydrogen-bond donors (Lipinski definition) is 2. The minimum absolute atomic E-state index is 0.00321. The summed E-state index contributed by atoms with van der Waals surface area (Å²) in [6, 6.07) is 3.97. The minimum atomic E-state index is -0.640. The molecule has 0 aromatic heterocycles. The molecule has 0 heterocycles. The average molecular weight is 249 g/mol. The molecule has 0 aliphatic carbocycles. The average Bonchev–Trinajstić information content (AvgIpc) is 2.28. The van der Waals surface area contributed by atoms with E-state index in [-0.39, 0.29) is 23.7 Å². The van der Waals surface area contributed by atoms with Crippen LogP contribution in [0.2, 0.25) is 5.02 Å². The van der Waals surface area contributed by atoms with E-state index in [2.05, 4.69) is 10.6 Å². The normalized spacial score (nSPS) is 9.94. The summed E-state index contributed by atoms with van der Waals surface area (Å²) in [4.78, 5) is 11.0. The molecule has 0 aliphatic heterocycles. The van der Waals surface area contributed by atoms with Gasteiger partial charge in [0.25, 0.3) is 0 Å². The van der Waals surface area contributed by atoms with Gasteiger partial charge < -0.3 is 10.6 Å². The summed E-state index contributed by atoms with van der Waals surface area (Å²) < 4.78 is 25.1. The molecule has 1 rings (SSSR count). The van der Waals surface area contributed by atoms with Crippen molar-refractivity contribution in [3.63, 3.8) is 0 Å². The maximum absolute atomic E-state index is 13.3. The maximum Gasteiger partial charge on any atom is 0.315 e. The van der Waals surface area contributed by atoms with E-state index < -0.39 is 18.5 Å². The minimum Gasteiger partial charge on any atom is -0.336 e. The standard InChI is InChI=1S/C10H11ClF2N2O/c11-8-3-1-2-7(9(8)13)6-15-10(16)14-5-4-12/h1-3H,4-6H2,(H2,14,15,16). The van der Waals surface area contributed by atoms with Crippen LogP contribution < -0.4 is 10.6 Å². The molecule has 0 saturated heterocycles. The molecular weight excluding hydrogens is 238 g/mol. The third-order valence-electron chi connectivity index (χ3n) is 1.85. The molecule has 0 bridgehead atoms. The van der Waals surface area contributed by atoms with Crippen molar-refractivity contribution in [3.05, 3.63) is 34.6 Å². The molecule has 3 nitrogen and oxygen atoms in total. The lowest BCUT2D eigenvalue weighted by atomic mass is 10.2. The summed E-state index contributed by atoms with van der Waals surface area (Å²) in [5, 5.41) is 4.65. The van der Waals surface area contributed by atoms with Crippen molar-refractivity contribution in [1.82, 2.24) is 10.6 Å². The first-order valence-electron chi connectivity index (χ1n) is 4.65. The Labute approximate surface area is 96.8 Å². The van der Waals surface area contributed by atoms with Gasteiger partial charge in [-0.2, -0.15) is 0 Å². The number of alkyl halides is 1. The van der Waals surface area contributed by atoms with Gasteiger partial charge in [-0.25, -0.2) is 13.6 Å². The Morgan fingerprint density at radius 1 is 1.38 bits per heavy atom. The number of urea groups is 1. The van der Waals surface area contributed by atoms with Crippen LogP contribution in [0.1, 0.15) is 5.56 Å². The van der Waals surface area contributed by atoms with Crippen molar-refractivity contribution in [2.45, 2.75) is 6.54 Å². The molecule has 0 unspecified atom stereocenters. The first-order valence-corrected chi connectivity index (χ1v) is 5.03. The molecule has 1 aromatic carbocycles. The van der Waals surface area contributed by atoms with Crippen molar-refractivity contribution >= 4 is 17.6 Å². The Hall–Kier alpha value is -1.36. The number of carbonyl (C=O) groups is 1. The highest BCUT2D eigenvalue weighted by Gasteiger charge is 2.07. The first kappa shape index (κ1) is 12.7. The zero-order chi connectivity index (χ0) is 12.0. The number of carbonyl (C=O) groups excluding carboxylic acids is 1. The van der Waals surface area contributed by atoms with E-state index in [1.807, 2.05) is 0 Å². The van der Waals surface area contributed by atoms with E-state index in [9.17, 15) is 13.6 Å². The smallest absolute Gasteiger partial charge is 0.315 e. The van der Waals surface area contributed by atoms with Gasteiger partial charge in [-0.3, -0.25) is 0 Å². The summed E-state index contributed by atoms with van der Waals surface area (Å²) in [7, 11) is 0. The van der Waals surface area contributed by atoms with Gasteiger partial charge in [0.1, 0.15) is 12.5 Å². The number of benzene rings is 1. The van der Waals surface area contributed by atoms with Crippen LogP contribution in [0.5, 0.6) is 0 Å². The highest BCUT2D eigenvalue weighted by molar-refractivity contribution is 6.30. The van der Waals surface area contributed by atoms with Crippen LogP contribution >= 0.6 is 11.6 Å². The second-order valence-corrected chi connectivity index (χ2v) is 3.42.